The first-order valence-electron chi connectivity index (χ1n) is 4.63. The zero-order valence-electron chi connectivity index (χ0n) is 7.44. The highest BCUT2D eigenvalue weighted by Crippen LogP contribution is 2.41. The summed E-state index contributed by atoms with van der Waals surface area (Å²) in [5.41, 5.74) is 0.621. The van der Waals surface area contributed by atoms with Crippen LogP contribution in [-0.2, 0) is 0 Å². The molecule has 0 bridgehead atoms. The Labute approximate surface area is 86.0 Å². The summed E-state index contributed by atoms with van der Waals surface area (Å²) in [5.74, 6) is 1.69. The predicted molar refractivity (Wildman–Crippen MR) is 53.8 cm³/mol. The first kappa shape index (κ1) is 8.12. The standard InChI is InChI=1S/C10H9ClN2O/c11-9-8-7(14)2-1-5-13(8)10(12-9)6-3-4-6/h1-2,5-6,14H,3-4H2. The Kier molecular flexibility index (Phi) is 1.53. The Hall–Kier alpha value is -1.22. The number of imidazole rings is 1. The lowest BCUT2D eigenvalue weighted by molar-refractivity contribution is 0.479. The van der Waals surface area contributed by atoms with Crippen LogP contribution in [0.15, 0.2) is 18.3 Å². The van der Waals surface area contributed by atoms with Gasteiger partial charge in [0.05, 0.1) is 0 Å². The van der Waals surface area contributed by atoms with E-state index in [-0.39, 0.29) is 5.75 Å². The fourth-order valence-corrected chi connectivity index (χ4v) is 2.00. The minimum Gasteiger partial charge on any atom is -0.506 e. The molecule has 2 aromatic heterocycles. The van der Waals surface area contributed by atoms with Crippen LogP contribution in [0.1, 0.15) is 24.6 Å². The molecule has 2 heterocycles. The molecule has 0 spiro atoms. The van der Waals surface area contributed by atoms with Gasteiger partial charge in [-0.25, -0.2) is 4.98 Å². The van der Waals surface area contributed by atoms with E-state index < -0.39 is 0 Å². The van der Waals surface area contributed by atoms with E-state index in [9.17, 15) is 5.11 Å². The largest absolute Gasteiger partial charge is 0.506 e. The SMILES string of the molecule is Oc1cccn2c(C3CC3)nc(Cl)c12. The van der Waals surface area contributed by atoms with Gasteiger partial charge in [0.2, 0.25) is 0 Å². The molecule has 1 saturated carbocycles. The van der Waals surface area contributed by atoms with E-state index in [1.165, 1.54) is 12.8 Å². The van der Waals surface area contributed by atoms with Crippen LogP contribution in [0.25, 0.3) is 5.52 Å². The molecule has 1 aliphatic rings. The van der Waals surface area contributed by atoms with E-state index in [2.05, 4.69) is 4.98 Å². The Morgan fingerprint density at radius 2 is 2.29 bits per heavy atom. The summed E-state index contributed by atoms with van der Waals surface area (Å²) < 4.78 is 1.88. The number of hydrogen-bond acceptors (Lipinski definition) is 2. The fraction of sp³-hybridized carbons (Fsp3) is 0.300. The van der Waals surface area contributed by atoms with Crippen LogP contribution >= 0.6 is 11.6 Å². The van der Waals surface area contributed by atoms with Gasteiger partial charge in [0.1, 0.15) is 17.1 Å². The van der Waals surface area contributed by atoms with E-state index in [1.807, 2.05) is 10.6 Å². The van der Waals surface area contributed by atoms with Gasteiger partial charge in [-0.05, 0) is 25.0 Å². The highest BCUT2D eigenvalue weighted by molar-refractivity contribution is 6.33. The number of nitrogens with zero attached hydrogens (tertiary/aromatic N) is 2. The van der Waals surface area contributed by atoms with Gasteiger partial charge in [0.25, 0.3) is 0 Å². The number of halogens is 1. The molecule has 72 valence electrons. The third-order valence-electron chi connectivity index (χ3n) is 2.57. The second-order valence-electron chi connectivity index (χ2n) is 3.65. The van der Waals surface area contributed by atoms with E-state index in [4.69, 9.17) is 11.6 Å². The summed E-state index contributed by atoms with van der Waals surface area (Å²) in [4.78, 5) is 4.28. The summed E-state index contributed by atoms with van der Waals surface area (Å²) in [6, 6.07) is 3.42. The van der Waals surface area contributed by atoms with E-state index in [1.54, 1.807) is 12.1 Å². The molecule has 3 nitrogen and oxygen atoms in total. The highest BCUT2D eigenvalue weighted by Gasteiger charge is 2.29. The second kappa shape index (κ2) is 2.64. The van der Waals surface area contributed by atoms with Crippen molar-refractivity contribution >= 4 is 17.1 Å². The Balaban J connectivity index is 2.37. The molecular weight excluding hydrogens is 200 g/mol. The van der Waals surface area contributed by atoms with E-state index in [0.29, 0.717) is 16.6 Å². The Morgan fingerprint density at radius 3 is 3.00 bits per heavy atom. The molecule has 1 aliphatic carbocycles. The Bertz CT molecular complexity index is 502. The lowest BCUT2D eigenvalue weighted by Gasteiger charge is -1.99. The number of aromatic hydroxyl groups is 1. The summed E-state index contributed by atoms with van der Waals surface area (Å²) in [5, 5.41) is 10.0. The summed E-state index contributed by atoms with van der Waals surface area (Å²) in [6.07, 6.45) is 4.23. The van der Waals surface area contributed by atoms with Crippen molar-refractivity contribution in [2.75, 3.05) is 0 Å². The van der Waals surface area contributed by atoms with Gasteiger partial charge >= 0.3 is 0 Å². The first-order valence-corrected chi connectivity index (χ1v) is 5.00. The number of rotatable bonds is 1. The minimum atomic E-state index is 0.192. The highest BCUT2D eigenvalue weighted by atomic mass is 35.5. The normalized spacial score (nSPS) is 16.4. The third-order valence-corrected chi connectivity index (χ3v) is 2.83. The van der Waals surface area contributed by atoms with Crippen LogP contribution in [0.4, 0.5) is 0 Å². The summed E-state index contributed by atoms with van der Waals surface area (Å²) in [6.45, 7) is 0. The van der Waals surface area contributed by atoms with Crippen LogP contribution in [0.5, 0.6) is 5.75 Å². The number of aromatic nitrogens is 2. The second-order valence-corrected chi connectivity index (χ2v) is 4.01. The summed E-state index contributed by atoms with van der Waals surface area (Å²) in [7, 11) is 0. The van der Waals surface area contributed by atoms with Crippen LogP contribution in [0.2, 0.25) is 5.15 Å². The molecule has 14 heavy (non-hydrogen) atoms. The molecule has 0 saturated heterocycles. The van der Waals surface area contributed by atoms with Gasteiger partial charge in [-0.1, -0.05) is 11.6 Å². The molecule has 2 aromatic rings. The maximum Gasteiger partial charge on any atom is 0.158 e. The molecule has 1 fully saturated rings. The van der Waals surface area contributed by atoms with Crippen LogP contribution in [0.3, 0.4) is 0 Å². The summed E-state index contributed by atoms with van der Waals surface area (Å²) >= 11 is 5.96. The van der Waals surface area contributed by atoms with E-state index in [0.717, 1.165) is 5.82 Å². The van der Waals surface area contributed by atoms with Crippen molar-refractivity contribution in [1.82, 2.24) is 9.38 Å². The lowest BCUT2D eigenvalue weighted by atomic mass is 10.3. The molecule has 0 aromatic carbocycles. The van der Waals surface area contributed by atoms with Crippen molar-refractivity contribution in [3.8, 4) is 5.75 Å². The van der Waals surface area contributed by atoms with Gasteiger partial charge in [0.15, 0.2) is 5.15 Å². The molecular formula is C10H9ClN2O. The maximum absolute atomic E-state index is 9.62. The molecule has 0 radical (unpaired) electrons. The molecule has 0 aliphatic heterocycles. The molecule has 0 amide bonds. The van der Waals surface area contributed by atoms with Crippen molar-refractivity contribution in [1.29, 1.82) is 0 Å². The van der Waals surface area contributed by atoms with Gasteiger partial charge < -0.3 is 5.11 Å². The third kappa shape index (κ3) is 1.02. The quantitative estimate of drug-likeness (QED) is 0.782. The van der Waals surface area contributed by atoms with Gasteiger partial charge in [-0.15, -0.1) is 0 Å². The fourth-order valence-electron chi connectivity index (χ4n) is 1.73. The first-order chi connectivity index (χ1) is 6.77. The number of hydrogen-bond donors (Lipinski definition) is 1. The van der Waals surface area contributed by atoms with Crippen LogP contribution < -0.4 is 0 Å². The maximum atomic E-state index is 9.62. The van der Waals surface area contributed by atoms with Crippen molar-refractivity contribution in [2.45, 2.75) is 18.8 Å². The van der Waals surface area contributed by atoms with Crippen LogP contribution in [0, 0.1) is 0 Å². The average Bonchev–Trinajstić information content (AvgIpc) is 2.93. The van der Waals surface area contributed by atoms with Crippen LogP contribution in [-0.4, -0.2) is 14.5 Å². The van der Waals surface area contributed by atoms with Crippen molar-refractivity contribution in [3.63, 3.8) is 0 Å². The number of fused-ring (bicyclic) bond motifs is 1. The van der Waals surface area contributed by atoms with Gasteiger partial charge in [0, 0.05) is 12.1 Å². The van der Waals surface area contributed by atoms with Gasteiger partial charge in [-0.2, -0.15) is 0 Å². The zero-order chi connectivity index (χ0) is 9.71. The average molecular weight is 209 g/mol. The topological polar surface area (TPSA) is 37.5 Å². The molecule has 0 unspecified atom stereocenters. The Morgan fingerprint density at radius 1 is 1.50 bits per heavy atom. The molecule has 3 rings (SSSR count). The monoisotopic (exact) mass is 208 g/mol. The van der Waals surface area contributed by atoms with Crippen molar-refractivity contribution in [3.05, 3.63) is 29.3 Å². The van der Waals surface area contributed by atoms with Crippen molar-refractivity contribution in [2.24, 2.45) is 0 Å². The van der Waals surface area contributed by atoms with E-state index >= 15 is 0 Å². The number of pyridine rings is 1. The zero-order valence-corrected chi connectivity index (χ0v) is 8.20. The predicted octanol–water partition coefficient (Wildman–Crippen LogP) is 2.57. The molecule has 4 heteroatoms. The molecule has 1 N–H and O–H groups in total. The minimum absolute atomic E-state index is 0.192. The van der Waals surface area contributed by atoms with Crippen molar-refractivity contribution < 1.29 is 5.11 Å². The molecule has 0 atom stereocenters. The van der Waals surface area contributed by atoms with Gasteiger partial charge in [-0.3, -0.25) is 4.40 Å². The smallest absolute Gasteiger partial charge is 0.158 e. The lowest BCUT2D eigenvalue weighted by Crippen LogP contribution is -1.90.